The number of carbonyl (C=O) groups is 3. The van der Waals surface area contributed by atoms with Crippen LogP contribution >= 0.6 is 0 Å². The summed E-state index contributed by atoms with van der Waals surface area (Å²) in [6.07, 6.45) is 0.349. The van der Waals surface area contributed by atoms with E-state index in [0.717, 1.165) is 10.6 Å². The van der Waals surface area contributed by atoms with Crippen molar-refractivity contribution in [2.75, 3.05) is 16.8 Å². The Morgan fingerprint density at radius 3 is 2.00 bits per heavy atom. The fraction of sp³-hybridized carbons (Fsp3) is 0.0513. The molecule has 0 aliphatic carbocycles. The Balaban J connectivity index is 1.22. The van der Waals surface area contributed by atoms with Gasteiger partial charge in [-0.25, -0.2) is 23.4 Å². The van der Waals surface area contributed by atoms with Crippen molar-refractivity contribution in [1.29, 1.82) is 0 Å². The molecular weight excluding hydrogens is 690 g/mol. The Morgan fingerprint density at radius 1 is 0.755 bits per heavy atom. The Hall–Kier alpha value is -7.35. The summed E-state index contributed by atoms with van der Waals surface area (Å²) in [4.78, 5) is 58.0. The number of rotatable bonds is 10. The minimum Gasteiger partial charge on any atom is -0.493 e. The lowest BCUT2D eigenvalue weighted by molar-refractivity contribution is 0.102. The number of imide groups is 1. The fourth-order valence-corrected chi connectivity index (χ4v) is 4.91. The highest BCUT2D eigenvalue weighted by atomic mass is 19.1. The molecule has 0 fully saturated rings. The van der Waals surface area contributed by atoms with Gasteiger partial charge in [-0.15, -0.1) is 0 Å². The zero-order valence-electron chi connectivity index (χ0n) is 27.8. The first kappa shape index (κ1) is 35.5. The number of hydrogen-bond acceptors (Lipinski definition) is 9. The summed E-state index contributed by atoms with van der Waals surface area (Å²) in [5, 5.41) is 2.50. The number of benzene rings is 4. The number of nitrogens with one attached hydrogen (secondary N) is 1. The molecule has 0 aliphatic rings. The van der Waals surface area contributed by atoms with Gasteiger partial charge in [-0.1, -0.05) is 36.4 Å². The van der Waals surface area contributed by atoms with Gasteiger partial charge in [-0.3, -0.25) is 14.2 Å². The molecule has 0 bridgehead atoms. The van der Waals surface area contributed by atoms with E-state index >= 15 is 4.39 Å². The van der Waals surface area contributed by atoms with Crippen LogP contribution in [-0.4, -0.2) is 34.3 Å². The number of amides is 3. The third-order valence-electron chi connectivity index (χ3n) is 7.31. The van der Waals surface area contributed by atoms with Gasteiger partial charge < -0.3 is 24.3 Å². The predicted octanol–water partition coefficient (Wildman–Crippen LogP) is 8.16. The molecule has 0 aliphatic heterocycles. The molecule has 6 rings (SSSR count). The summed E-state index contributed by atoms with van der Waals surface area (Å²) in [5.74, 6) is -2.57. The third-order valence-corrected chi connectivity index (χ3v) is 7.31. The smallest absolute Gasteiger partial charge is 0.430 e. The maximum atomic E-state index is 15.4. The van der Waals surface area contributed by atoms with Gasteiger partial charge in [-0.05, 0) is 79.7 Å². The minimum atomic E-state index is -1.14. The van der Waals surface area contributed by atoms with Crippen LogP contribution in [0.1, 0.15) is 17.3 Å². The van der Waals surface area contributed by atoms with Crippen LogP contribution < -0.4 is 34.7 Å². The van der Waals surface area contributed by atoms with Crippen LogP contribution in [0.2, 0.25) is 0 Å². The zero-order chi connectivity index (χ0) is 37.3. The van der Waals surface area contributed by atoms with Crippen molar-refractivity contribution in [3.63, 3.8) is 0 Å². The maximum absolute atomic E-state index is 15.4. The van der Waals surface area contributed by atoms with E-state index in [0.29, 0.717) is 10.6 Å². The number of pyridine rings is 2. The van der Waals surface area contributed by atoms with Gasteiger partial charge in [0.1, 0.15) is 34.4 Å². The zero-order valence-corrected chi connectivity index (χ0v) is 27.8. The first-order chi connectivity index (χ1) is 25.7. The highest BCUT2D eigenvalue weighted by Gasteiger charge is 2.30. The quantitative estimate of drug-likeness (QED) is 0.149. The second-order valence-corrected chi connectivity index (χ2v) is 10.9. The molecular formula is C39H28F2N4O8. The topological polar surface area (TPSA) is 138 Å². The molecule has 2 heterocycles. The van der Waals surface area contributed by atoms with E-state index in [2.05, 4.69) is 10.3 Å². The second kappa shape index (κ2) is 16.1. The first-order valence-corrected chi connectivity index (χ1v) is 15.9. The highest BCUT2D eigenvalue weighted by molar-refractivity contribution is 6.10. The molecule has 0 saturated heterocycles. The summed E-state index contributed by atoms with van der Waals surface area (Å²) >= 11 is 0. The summed E-state index contributed by atoms with van der Waals surface area (Å²) in [5.41, 5.74) is -0.814. The van der Waals surface area contributed by atoms with Crippen LogP contribution in [0.4, 0.5) is 29.9 Å². The number of carbonyl (C=O) groups excluding carboxylic acids is 3. The van der Waals surface area contributed by atoms with Crippen molar-refractivity contribution in [3.8, 4) is 34.4 Å². The fourth-order valence-electron chi connectivity index (χ4n) is 4.91. The minimum absolute atomic E-state index is 0.00313. The number of hydrogen-bond donors (Lipinski definition) is 1. The van der Waals surface area contributed by atoms with Crippen LogP contribution in [0.5, 0.6) is 28.7 Å². The van der Waals surface area contributed by atoms with Crippen LogP contribution in [0, 0.1) is 11.6 Å². The Labute approximate surface area is 300 Å². The Kier molecular flexibility index (Phi) is 10.8. The van der Waals surface area contributed by atoms with E-state index in [4.69, 9.17) is 18.9 Å². The van der Waals surface area contributed by atoms with Gasteiger partial charge >= 0.3 is 12.2 Å². The van der Waals surface area contributed by atoms with Gasteiger partial charge in [0, 0.05) is 35.9 Å². The third kappa shape index (κ3) is 8.52. The SMILES string of the molecule is CCOc1ccn(-c2ccc(F)cc2)c(=O)c1C(=O)Nc1ccc(Oc2ccnc(N(C(=O)Oc3ccccc3)C(=O)Oc3ccccc3)c2)c(F)c1. The van der Waals surface area contributed by atoms with E-state index in [1.54, 1.807) is 43.3 Å². The number of halogens is 2. The monoisotopic (exact) mass is 718 g/mol. The normalized spacial score (nSPS) is 10.5. The number of nitrogens with zero attached hydrogens (tertiary/aromatic N) is 3. The van der Waals surface area contributed by atoms with Crippen molar-refractivity contribution < 1.29 is 42.1 Å². The van der Waals surface area contributed by atoms with Crippen LogP contribution in [0.15, 0.2) is 139 Å². The molecule has 3 amide bonds. The second-order valence-electron chi connectivity index (χ2n) is 10.9. The van der Waals surface area contributed by atoms with Gasteiger partial charge in [0.15, 0.2) is 17.4 Å². The van der Waals surface area contributed by atoms with Crippen molar-refractivity contribution >= 4 is 29.6 Å². The molecule has 1 N–H and O–H groups in total. The van der Waals surface area contributed by atoms with Crippen molar-refractivity contribution in [3.05, 3.63) is 161 Å². The van der Waals surface area contributed by atoms with E-state index in [1.807, 2.05) is 0 Å². The lowest BCUT2D eigenvalue weighted by atomic mass is 10.2. The molecule has 14 heteroatoms. The lowest BCUT2D eigenvalue weighted by Gasteiger charge is -2.19. The molecule has 12 nitrogen and oxygen atoms in total. The number of aromatic nitrogens is 2. The van der Waals surface area contributed by atoms with Gasteiger partial charge in [0.2, 0.25) is 0 Å². The van der Waals surface area contributed by atoms with Crippen LogP contribution in [0.3, 0.4) is 0 Å². The Morgan fingerprint density at radius 2 is 1.40 bits per heavy atom. The molecule has 2 aromatic heterocycles. The molecule has 6 aromatic rings. The largest absolute Gasteiger partial charge is 0.493 e. The number of ether oxygens (including phenoxy) is 4. The summed E-state index contributed by atoms with van der Waals surface area (Å²) in [6.45, 7) is 1.83. The molecule has 0 unspecified atom stereocenters. The molecule has 0 atom stereocenters. The molecule has 0 spiro atoms. The molecule has 266 valence electrons. The average molecular weight is 719 g/mol. The summed E-state index contributed by atoms with van der Waals surface area (Å²) in [7, 11) is 0. The van der Waals surface area contributed by atoms with Crippen molar-refractivity contribution in [1.82, 2.24) is 9.55 Å². The summed E-state index contributed by atoms with van der Waals surface area (Å²) < 4.78 is 52.1. The molecule has 53 heavy (non-hydrogen) atoms. The average Bonchev–Trinajstić information content (AvgIpc) is 3.14. The van der Waals surface area contributed by atoms with Gasteiger partial charge in [-0.2, -0.15) is 4.90 Å². The highest BCUT2D eigenvalue weighted by Crippen LogP contribution is 2.30. The number of para-hydroxylation sites is 2. The van der Waals surface area contributed by atoms with Crippen molar-refractivity contribution in [2.45, 2.75) is 6.92 Å². The van der Waals surface area contributed by atoms with Gasteiger partial charge in [0.05, 0.1) is 6.61 Å². The first-order valence-electron chi connectivity index (χ1n) is 15.9. The van der Waals surface area contributed by atoms with Crippen molar-refractivity contribution in [2.24, 2.45) is 0 Å². The lowest BCUT2D eigenvalue weighted by Crippen LogP contribution is -2.41. The van der Waals surface area contributed by atoms with E-state index < -0.39 is 35.3 Å². The van der Waals surface area contributed by atoms with E-state index in [-0.39, 0.29) is 52.4 Å². The molecule has 0 saturated carbocycles. The maximum Gasteiger partial charge on any atom is 0.430 e. The number of anilines is 2. The Bertz CT molecular complexity index is 2270. The standard InChI is InChI=1S/C39H28F2N4O8/c1-2-50-33-20-22-44(27-16-13-25(40)14-17-27)37(47)35(33)36(46)43-26-15-18-32(31(41)23-26)51-30-19-21-42-34(24-30)45(38(48)52-28-9-5-3-6-10-28)39(49)53-29-11-7-4-8-12-29/h3-24H,2H2,1H3,(H,43,46). The molecule has 4 aromatic carbocycles. The predicted molar refractivity (Wildman–Crippen MR) is 189 cm³/mol. The van der Waals surface area contributed by atoms with Crippen LogP contribution in [-0.2, 0) is 0 Å². The van der Waals surface area contributed by atoms with Gasteiger partial charge in [0.25, 0.3) is 11.5 Å². The molecule has 0 radical (unpaired) electrons. The summed E-state index contributed by atoms with van der Waals surface area (Å²) in [6, 6.07) is 28.7. The van der Waals surface area contributed by atoms with E-state index in [9.17, 15) is 23.6 Å². The van der Waals surface area contributed by atoms with E-state index in [1.165, 1.54) is 91.3 Å². The van der Waals surface area contributed by atoms with Crippen LogP contribution in [0.25, 0.3) is 5.69 Å².